The Morgan fingerprint density at radius 3 is 2.19 bits per heavy atom. The van der Waals surface area contributed by atoms with Crippen molar-refractivity contribution in [2.45, 2.75) is 92.4 Å². The van der Waals surface area contributed by atoms with Crippen molar-refractivity contribution in [1.82, 2.24) is 0 Å². The summed E-state index contributed by atoms with van der Waals surface area (Å²) in [5.41, 5.74) is 9.14. The molecule has 1 aliphatic heterocycles. The number of nitrogens with zero attached hydrogens (tertiary/aromatic N) is 1. The van der Waals surface area contributed by atoms with E-state index in [4.69, 9.17) is 4.99 Å². The number of hydrogen-bond donors (Lipinski definition) is 0. The zero-order valence-electron chi connectivity index (χ0n) is 20.8. The van der Waals surface area contributed by atoms with Gasteiger partial charge in [0.05, 0.1) is 5.69 Å². The van der Waals surface area contributed by atoms with Crippen molar-refractivity contribution >= 4 is 17.0 Å². The van der Waals surface area contributed by atoms with Gasteiger partial charge in [0.25, 0.3) is 0 Å². The first-order valence-corrected chi connectivity index (χ1v) is 12.6. The summed E-state index contributed by atoms with van der Waals surface area (Å²) in [5.74, 6) is 0.975. The molecule has 0 aromatic heterocycles. The lowest BCUT2D eigenvalue weighted by atomic mass is 9.81. The molecule has 1 fully saturated rings. The van der Waals surface area contributed by atoms with Crippen LogP contribution in [0.5, 0.6) is 0 Å². The van der Waals surface area contributed by atoms with Gasteiger partial charge < -0.3 is 0 Å². The molecule has 1 aliphatic carbocycles. The van der Waals surface area contributed by atoms with Crippen LogP contribution in [0.3, 0.4) is 0 Å². The fourth-order valence-electron chi connectivity index (χ4n) is 4.76. The van der Waals surface area contributed by atoms with Crippen LogP contribution in [0.4, 0.5) is 5.69 Å². The predicted octanol–water partition coefficient (Wildman–Crippen LogP) is 9.66. The van der Waals surface area contributed by atoms with Gasteiger partial charge in [-0.2, -0.15) is 0 Å². The number of benzene rings is 2. The lowest BCUT2D eigenvalue weighted by Gasteiger charge is -2.24. The standard InChI is InChI=1S/C26H31N.2C2H6/c1-4-8-24-26(21-13-11-18(2)12-14-21)23-16-15-22(17-25(23)27-24)19(3)20-9-6-5-7-10-20;2*1-2/h11-17,20,26H,3-10H2,1-2H3;2*1-2H3. The van der Waals surface area contributed by atoms with E-state index in [1.165, 1.54) is 71.3 Å². The summed E-state index contributed by atoms with van der Waals surface area (Å²) in [6.07, 6.45) is 8.88. The maximum atomic E-state index is 5.09. The van der Waals surface area contributed by atoms with Crippen LogP contribution >= 0.6 is 0 Å². The number of fused-ring (bicyclic) bond motifs is 1. The number of aliphatic imine (C=N–C) groups is 1. The molecule has 1 heteroatoms. The van der Waals surface area contributed by atoms with Gasteiger partial charge in [0, 0.05) is 11.6 Å². The Labute approximate surface area is 191 Å². The summed E-state index contributed by atoms with van der Waals surface area (Å²) in [7, 11) is 0. The fourth-order valence-corrected chi connectivity index (χ4v) is 4.76. The molecule has 0 saturated heterocycles. The fraction of sp³-hybridized carbons (Fsp3) is 0.500. The van der Waals surface area contributed by atoms with Gasteiger partial charge in [-0.1, -0.05) is 109 Å². The van der Waals surface area contributed by atoms with Crippen LogP contribution in [-0.2, 0) is 0 Å². The number of aryl methyl sites for hydroxylation is 1. The van der Waals surface area contributed by atoms with Gasteiger partial charge >= 0.3 is 0 Å². The van der Waals surface area contributed by atoms with Crippen LogP contribution in [-0.4, -0.2) is 5.71 Å². The molecule has 0 radical (unpaired) electrons. The molecular weight excluding hydrogens is 374 g/mol. The Morgan fingerprint density at radius 2 is 1.58 bits per heavy atom. The molecule has 2 aromatic carbocycles. The minimum absolute atomic E-state index is 0.317. The third-order valence-corrected chi connectivity index (χ3v) is 6.32. The summed E-state index contributed by atoms with van der Waals surface area (Å²) < 4.78 is 0. The van der Waals surface area contributed by atoms with Crippen LogP contribution < -0.4 is 0 Å². The molecule has 31 heavy (non-hydrogen) atoms. The van der Waals surface area contributed by atoms with E-state index >= 15 is 0 Å². The minimum Gasteiger partial charge on any atom is -0.256 e. The van der Waals surface area contributed by atoms with E-state index in [1.54, 1.807) is 0 Å². The second-order valence-corrected chi connectivity index (χ2v) is 8.33. The third kappa shape index (κ3) is 5.97. The molecule has 0 amide bonds. The molecular formula is C30H43N. The highest BCUT2D eigenvalue weighted by Crippen LogP contribution is 2.43. The average Bonchev–Trinajstić information content (AvgIpc) is 3.19. The maximum absolute atomic E-state index is 5.09. The van der Waals surface area contributed by atoms with Gasteiger partial charge in [0.1, 0.15) is 0 Å². The van der Waals surface area contributed by atoms with Crippen molar-refractivity contribution < 1.29 is 0 Å². The van der Waals surface area contributed by atoms with Gasteiger partial charge in [-0.3, -0.25) is 4.99 Å². The lowest BCUT2D eigenvalue weighted by molar-refractivity contribution is 0.430. The maximum Gasteiger partial charge on any atom is 0.0677 e. The monoisotopic (exact) mass is 417 g/mol. The summed E-state index contributed by atoms with van der Waals surface area (Å²) in [5, 5.41) is 0. The van der Waals surface area contributed by atoms with Gasteiger partial charge in [-0.15, -0.1) is 0 Å². The van der Waals surface area contributed by atoms with Crippen molar-refractivity contribution in [1.29, 1.82) is 0 Å². The molecule has 0 spiro atoms. The second-order valence-electron chi connectivity index (χ2n) is 8.33. The molecule has 1 unspecified atom stereocenters. The summed E-state index contributed by atoms with van der Waals surface area (Å²) in [6.45, 7) is 16.9. The highest BCUT2D eigenvalue weighted by atomic mass is 14.8. The zero-order valence-corrected chi connectivity index (χ0v) is 20.8. The van der Waals surface area contributed by atoms with Crippen molar-refractivity contribution in [3.05, 3.63) is 71.3 Å². The van der Waals surface area contributed by atoms with Crippen LogP contribution in [0.15, 0.2) is 54.0 Å². The zero-order chi connectivity index (χ0) is 22.8. The molecule has 0 bridgehead atoms. The van der Waals surface area contributed by atoms with Crippen molar-refractivity contribution in [3.8, 4) is 0 Å². The van der Waals surface area contributed by atoms with E-state index in [0.29, 0.717) is 11.8 Å². The topological polar surface area (TPSA) is 12.4 Å². The highest BCUT2D eigenvalue weighted by Gasteiger charge is 2.29. The number of hydrogen-bond acceptors (Lipinski definition) is 1. The molecule has 168 valence electrons. The Hall–Kier alpha value is -2.15. The average molecular weight is 418 g/mol. The molecule has 1 saturated carbocycles. The van der Waals surface area contributed by atoms with E-state index in [2.05, 4.69) is 62.9 Å². The SMILES string of the molecule is C=C(c1ccc2c(c1)N=C(CCC)C2c1ccc(C)cc1)C1CCCCC1.CC.CC. The van der Waals surface area contributed by atoms with E-state index in [0.717, 1.165) is 12.8 Å². The van der Waals surface area contributed by atoms with Crippen LogP contribution in [0.1, 0.15) is 108 Å². The Balaban J connectivity index is 0.000000807. The van der Waals surface area contributed by atoms with Crippen molar-refractivity contribution in [3.63, 3.8) is 0 Å². The van der Waals surface area contributed by atoms with Crippen molar-refractivity contribution in [2.75, 3.05) is 0 Å². The summed E-state index contributed by atoms with van der Waals surface area (Å²) >= 11 is 0. The van der Waals surface area contributed by atoms with E-state index in [-0.39, 0.29) is 0 Å². The van der Waals surface area contributed by atoms with E-state index < -0.39 is 0 Å². The Kier molecular flexibility index (Phi) is 10.2. The smallest absolute Gasteiger partial charge is 0.0677 e. The molecule has 1 atom stereocenters. The van der Waals surface area contributed by atoms with Gasteiger partial charge in [0.15, 0.2) is 0 Å². The Bertz CT molecular complexity index is 850. The first-order valence-electron chi connectivity index (χ1n) is 12.6. The molecule has 2 aliphatic rings. The highest BCUT2D eigenvalue weighted by molar-refractivity contribution is 6.01. The number of rotatable bonds is 5. The summed E-state index contributed by atoms with van der Waals surface area (Å²) in [4.78, 5) is 5.09. The number of allylic oxidation sites excluding steroid dienone is 1. The van der Waals surface area contributed by atoms with E-state index in [9.17, 15) is 0 Å². The molecule has 0 N–H and O–H groups in total. The Morgan fingerprint density at radius 1 is 0.935 bits per heavy atom. The van der Waals surface area contributed by atoms with Crippen LogP contribution in [0.25, 0.3) is 5.57 Å². The second kappa shape index (κ2) is 12.6. The summed E-state index contributed by atoms with van der Waals surface area (Å²) in [6, 6.07) is 15.9. The van der Waals surface area contributed by atoms with Gasteiger partial charge in [-0.05, 0) is 60.4 Å². The minimum atomic E-state index is 0.317. The molecule has 1 nitrogen and oxygen atoms in total. The van der Waals surface area contributed by atoms with Gasteiger partial charge in [0.2, 0.25) is 0 Å². The normalized spacial score (nSPS) is 17.5. The third-order valence-electron chi connectivity index (χ3n) is 6.32. The molecule has 1 heterocycles. The van der Waals surface area contributed by atoms with Crippen LogP contribution in [0.2, 0.25) is 0 Å². The van der Waals surface area contributed by atoms with E-state index in [1.807, 2.05) is 27.7 Å². The van der Waals surface area contributed by atoms with Crippen molar-refractivity contribution in [2.24, 2.45) is 10.9 Å². The van der Waals surface area contributed by atoms with Crippen LogP contribution in [0, 0.1) is 12.8 Å². The lowest BCUT2D eigenvalue weighted by Crippen LogP contribution is -2.10. The van der Waals surface area contributed by atoms with Gasteiger partial charge in [-0.25, -0.2) is 0 Å². The first kappa shape index (κ1) is 25.1. The quantitative estimate of drug-likeness (QED) is 0.459. The predicted molar refractivity (Wildman–Crippen MR) is 140 cm³/mol. The molecule has 4 rings (SSSR count). The largest absolute Gasteiger partial charge is 0.256 e. The first-order chi connectivity index (χ1) is 15.2. The molecule has 2 aromatic rings.